The molecule has 0 aliphatic carbocycles. The number of aliphatic hydroxyl groups excluding tert-OH is 1. The van der Waals surface area contributed by atoms with E-state index in [1.807, 2.05) is 18.2 Å². The summed E-state index contributed by atoms with van der Waals surface area (Å²) in [6, 6.07) is 8.25. The van der Waals surface area contributed by atoms with Crippen LogP contribution in [0.2, 0.25) is 0 Å². The minimum absolute atomic E-state index is 0.139. The van der Waals surface area contributed by atoms with Gasteiger partial charge in [0.25, 0.3) is 0 Å². The van der Waals surface area contributed by atoms with E-state index in [1.165, 1.54) is 5.56 Å². The van der Waals surface area contributed by atoms with Crippen molar-refractivity contribution in [3.8, 4) is 5.75 Å². The van der Waals surface area contributed by atoms with Crippen molar-refractivity contribution in [1.82, 2.24) is 5.32 Å². The average molecular weight is 249 g/mol. The minimum Gasteiger partial charge on any atom is -0.486 e. The molecule has 3 heteroatoms. The molecule has 100 valence electrons. The van der Waals surface area contributed by atoms with E-state index < -0.39 is 0 Å². The first-order chi connectivity index (χ1) is 8.54. The molecule has 0 spiro atoms. The van der Waals surface area contributed by atoms with Crippen LogP contribution in [0.15, 0.2) is 24.3 Å². The van der Waals surface area contributed by atoms with Crippen molar-refractivity contribution in [2.24, 2.45) is 0 Å². The molecule has 2 rings (SSSR count). The number of ether oxygens (including phenoxy) is 1. The molecule has 1 heterocycles. The molecule has 1 aliphatic heterocycles. The lowest BCUT2D eigenvalue weighted by molar-refractivity contribution is 0.0842. The number of benzene rings is 1. The Bertz CT molecular complexity index is 403. The number of hydrogen-bond donors (Lipinski definition) is 2. The molecular weight excluding hydrogens is 226 g/mol. The molecule has 2 atom stereocenters. The Morgan fingerprint density at radius 3 is 2.83 bits per heavy atom. The summed E-state index contributed by atoms with van der Waals surface area (Å²) in [5.74, 6) is 0.949. The summed E-state index contributed by atoms with van der Waals surface area (Å²) in [5, 5.41) is 13.3. The molecule has 0 bridgehead atoms. The minimum atomic E-state index is -0.279. The maximum absolute atomic E-state index is 9.82. The summed E-state index contributed by atoms with van der Waals surface area (Å²) in [5.41, 5.74) is 0.918. The van der Waals surface area contributed by atoms with Crippen LogP contribution in [-0.4, -0.2) is 23.4 Å². The van der Waals surface area contributed by atoms with Gasteiger partial charge in [0.1, 0.15) is 11.4 Å². The van der Waals surface area contributed by atoms with Gasteiger partial charge in [-0.05, 0) is 26.3 Å². The lowest BCUT2D eigenvalue weighted by Gasteiger charge is -2.28. The van der Waals surface area contributed by atoms with Gasteiger partial charge in [-0.1, -0.05) is 31.5 Å². The summed E-state index contributed by atoms with van der Waals surface area (Å²) in [4.78, 5) is 0. The molecule has 18 heavy (non-hydrogen) atoms. The average Bonchev–Trinajstić information content (AvgIpc) is 2.56. The zero-order valence-electron chi connectivity index (χ0n) is 11.4. The second kappa shape index (κ2) is 5.29. The third kappa shape index (κ3) is 2.68. The van der Waals surface area contributed by atoms with Gasteiger partial charge in [-0.3, -0.25) is 0 Å². The molecule has 0 saturated carbocycles. The summed E-state index contributed by atoms with van der Waals surface area (Å²) < 4.78 is 5.96. The fraction of sp³-hybridized carbons (Fsp3) is 0.600. The molecule has 2 N–H and O–H groups in total. The predicted octanol–water partition coefficient (Wildman–Crippen LogP) is 2.65. The zero-order valence-corrected chi connectivity index (χ0v) is 11.4. The second-order valence-corrected chi connectivity index (χ2v) is 5.53. The fourth-order valence-electron chi connectivity index (χ4n) is 2.57. The SMILES string of the molecule is CCCC(O)CNC1c2ccccc2OC1(C)C. The van der Waals surface area contributed by atoms with Crippen molar-refractivity contribution in [3.63, 3.8) is 0 Å². The number of hydrogen-bond acceptors (Lipinski definition) is 3. The normalized spacial score (nSPS) is 22.3. The molecule has 0 radical (unpaired) electrons. The van der Waals surface area contributed by atoms with E-state index in [0.29, 0.717) is 6.54 Å². The number of fused-ring (bicyclic) bond motifs is 1. The molecule has 1 aliphatic rings. The third-order valence-electron chi connectivity index (χ3n) is 3.48. The van der Waals surface area contributed by atoms with E-state index in [2.05, 4.69) is 32.2 Å². The van der Waals surface area contributed by atoms with Crippen molar-refractivity contribution in [1.29, 1.82) is 0 Å². The third-order valence-corrected chi connectivity index (χ3v) is 3.48. The quantitative estimate of drug-likeness (QED) is 0.843. The van der Waals surface area contributed by atoms with Crippen LogP contribution in [-0.2, 0) is 0 Å². The first kappa shape index (κ1) is 13.4. The van der Waals surface area contributed by atoms with Gasteiger partial charge in [0.2, 0.25) is 0 Å². The van der Waals surface area contributed by atoms with Crippen LogP contribution >= 0.6 is 0 Å². The molecule has 1 aromatic rings. The van der Waals surface area contributed by atoms with Gasteiger partial charge in [-0.25, -0.2) is 0 Å². The molecule has 0 fully saturated rings. The van der Waals surface area contributed by atoms with Gasteiger partial charge in [0.15, 0.2) is 0 Å². The molecule has 0 aromatic heterocycles. The molecular formula is C15H23NO2. The highest BCUT2D eigenvalue weighted by molar-refractivity contribution is 5.42. The summed E-state index contributed by atoms with van der Waals surface area (Å²) in [6.07, 6.45) is 1.56. The highest BCUT2D eigenvalue weighted by Gasteiger charge is 2.40. The first-order valence-corrected chi connectivity index (χ1v) is 6.74. The number of nitrogens with one attached hydrogen (secondary N) is 1. The molecule has 1 aromatic carbocycles. The van der Waals surface area contributed by atoms with E-state index >= 15 is 0 Å². The lowest BCUT2D eigenvalue weighted by atomic mass is 9.94. The van der Waals surface area contributed by atoms with Gasteiger partial charge in [0.05, 0.1) is 12.1 Å². The van der Waals surface area contributed by atoms with Gasteiger partial charge in [-0.15, -0.1) is 0 Å². The topological polar surface area (TPSA) is 41.5 Å². The van der Waals surface area contributed by atoms with E-state index in [-0.39, 0.29) is 17.7 Å². The van der Waals surface area contributed by atoms with E-state index in [0.717, 1.165) is 18.6 Å². The monoisotopic (exact) mass is 249 g/mol. The van der Waals surface area contributed by atoms with E-state index in [1.54, 1.807) is 0 Å². The molecule has 0 amide bonds. The Kier molecular flexibility index (Phi) is 3.93. The van der Waals surface area contributed by atoms with Crippen LogP contribution in [0.3, 0.4) is 0 Å². The van der Waals surface area contributed by atoms with Gasteiger partial charge >= 0.3 is 0 Å². The Hall–Kier alpha value is -1.06. The highest BCUT2D eigenvalue weighted by Crippen LogP contribution is 2.42. The Balaban J connectivity index is 2.06. The Labute approximate surface area is 109 Å². The molecule has 0 saturated heterocycles. The summed E-state index contributed by atoms with van der Waals surface area (Å²) in [7, 11) is 0. The Morgan fingerprint density at radius 2 is 2.11 bits per heavy atom. The van der Waals surface area contributed by atoms with Gasteiger partial charge in [0, 0.05) is 12.1 Å². The van der Waals surface area contributed by atoms with E-state index in [4.69, 9.17) is 4.74 Å². The highest BCUT2D eigenvalue weighted by atomic mass is 16.5. The zero-order chi connectivity index (χ0) is 13.2. The van der Waals surface area contributed by atoms with Crippen LogP contribution in [0.1, 0.15) is 45.2 Å². The fourth-order valence-corrected chi connectivity index (χ4v) is 2.57. The van der Waals surface area contributed by atoms with E-state index in [9.17, 15) is 5.11 Å². The van der Waals surface area contributed by atoms with Crippen LogP contribution in [0.4, 0.5) is 0 Å². The van der Waals surface area contributed by atoms with Gasteiger partial charge < -0.3 is 15.2 Å². The smallest absolute Gasteiger partial charge is 0.125 e. The first-order valence-electron chi connectivity index (χ1n) is 6.74. The predicted molar refractivity (Wildman–Crippen MR) is 72.8 cm³/mol. The maximum atomic E-state index is 9.82. The molecule has 3 nitrogen and oxygen atoms in total. The standard InChI is InChI=1S/C15H23NO2/c1-4-7-11(17)10-16-14-12-8-5-6-9-13(12)18-15(14,2)3/h5-6,8-9,11,14,16-17H,4,7,10H2,1-3H3. The maximum Gasteiger partial charge on any atom is 0.125 e. The number of para-hydroxylation sites is 1. The van der Waals surface area contributed by atoms with Crippen LogP contribution in [0, 0.1) is 0 Å². The van der Waals surface area contributed by atoms with Gasteiger partial charge in [-0.2, -0.15) is 0 Å². The van der Waals surface area contributed by atoms with Crippen molar-refractivity contribution < 1.29 is 9.84 Å². The van der Waals surface area contributed by atoms with Crippen molar-refractivity contribution >= 4 is 0 Å². The van der Waals surface area contributed by atoms with Crippen LogP contribution < -0.4 is 10.1 Å². The van der Waals surface area contributed by atoms with Crippen molar-refractivity contribution in [3.05, 3.63) is 29.8 Å². The number of rotatable bonds is 5. The van der Waals surface area contributed by atoms with Crippen LogP contribution in [0.5, 0.6) is 5.75 Å². The molecule has 2 unspecified atom stereocenters. The van der Waals surface area contributed by atoms with Crippen molar-refractivity contribution in [2.45, 2.75) is 51.4 Å². The van der Waals surface area contributed by atoms with Crippen molar-refractivity contribution in [2.75, 3.05) is 6.54 Å². The summed E-state index contributed by atoms with van der Waals surface area (Å²) >= 11 is 0. The Morgan fingerprint density at radius 1 is 1.39 bits per heavy atom. The lowest BCUT2D eigenvalue weighted by Crippen LogP contribution is -2.41. The second-order valence-electron chi connectivity index (χ2n) is 5.53. The summed E-state index contributed by atoms with van der Waals surface area (Å²) in [6.45, 7) is 6.86. The van der Waals surface area contributed by atoms with Crippen LogP contribution in [0.25, 0.3) is 0 Å². The number of aliphatic hydroxyl groups is 1. The largest absolute Gasteiger partial charge is 0.486 e.